The third-order valence-corrected chi connectivity index (χ3v) is 3.18. The molecular weight excluding hydrogens is 228 g/mol. The van der Waals surface area contributed by atoms with E-state index < -0.39 is 0 Å². The van der Waals surface area contributed by atoms with Crippen molar-refractivity contribution in [2.75, 3.05) is 13.1 Å². The number of piperidine rings is 1. The second-order valence-corrected chi connectivity index (χ2v) is 4.62. The van der Waals surface area contributed by atoms with Crippen LogP contribution in [0.4, 0.5) is 0 Å². The molecule has 1 aromatic rings. The van der Waals surface area contributed by atoms with Crippen LogP contribution in [0, 0.1) is 0 Å². The van der Waals surface area contributed by atoms with E-state index >= 15 is 0 Å². The van der Waals surface area contributed by atoms with Gasteiger partial charge < -0.3 is 10.6 Å². The van der Waals surface area contributed by atoms with Gasteiger partial charge >= 0.3 is 0 Å². The minimum Gasteiger partial charge on any atom is -0.348 e. The van der Waals surface area contributed by atoms with Crippen LogP contribution in [0.5, 0.6) is 0 Å². The Morgan fingerprint density at radius 1 is 1.28 bits per heavy atom. The smallest absolute Gasteiger partial charge is 0.252 e. The van der Waals surface area contributed by atoms with Gasteiger partial charge in [-0.1, -0.05) is 18.2 Å². The van der Waals surface area contributed by atoms with Crippen LogP contribution in [-0.2, 0) is 0 Å². The lowest BCUT2D eigenvalue weighted by Gasteiger charge is -2.24. The summed E-state index contributed by atoms with van der Waals surface area (Å²) in [5, 5.41) is 6.22. The number of carbonyl (C=O) groups is 2. The minimum absolute atomic E-state index is 0.0810. The highest BCUT2D eigenvalue weighted by atomic mass is 16.2. The average Bonchev–Trinajstić information content (AvgIpc) is 2.40. The minimum atomic E-state index is -0.158. The molecule has 96 valence electrons. The van der Waals surface area contributed by atoms with Gasteiger partial charge in [0.15, 0.2) is 5.78 Å². The van der Waals surface area contributed by atoms with E-state index in [-0.39, 0.29) is 17.7 Å². The standard InChI is InChI=1S/C14H18N2O2/c1-10(17)12-6-2-3-7-13(12)14(18)16-11-5-4-8-15-9-11/h2-3,6-7,11,15H,4-5,8-9H2,1H3,(H,16,18)/t11-/m0/s1. The number of amides is 1. The van der Waals surface area contributed by atoms with E-state index in [4.69, 9.17) is 0 Å². The number of carbonyl (C=O) groups excluding carboxylic acids is 2. The van der Waals surface area contributed by atoms with Gasteiger partial charge in [-0.15, -0.1) is 0 Å². The number of benzene rings is 1. The van der Waals surface area contributed by atoms with Gasteiger partial charge in [0, 0.05) is 18.2 Å². The molecule has 18 heavy (non-hydrogen) atoms. The highest BCUT2D eigenvalue weighted by Gasteiger charge is 2.19. The molecule has 1 saturated heterocycles. The quantitative estimate of drug-likeness (QED) is 0.792. The summed E-state index contributed by atoms with van der Waals surface area (Å²) in [4.78, 5) is 23.6. The molecule has 0 spiro atoms. The van der Waals surface area contributed by atoms with Gasteiger partial charge in [0.25, 0.3) is 5.91 Å². The Bertz CT molecular complexity index is 451. The maximum Gasteiger partial charge on any atom is 0.252 e. The first-order valence-electron chi connectivity index (χ1n) is 6.30. The lowest BCUT2D eigenvalue weighted by atomic mass is 10.0. The first-order chi connectivity index (χ1) is 8.68. The van der Waals surface area contributed by atoms with Crippen molar-refractivity contribution in [3.8, 4) is 0 Å². The zero-order valence-corrected chi connectivity index (χ0v) is 10.5. The van der Waals surface area contributed by atoms with Gasteiger partial charge in [0.2, 0.25) is 0 Å². The zero-order valence-electron chi connectivity index (χ0n) is 10.5. The van der Waals surface area contributed by atoms with Gasteiger partial charge in [-0.3, -0.25) is 9.59 Å². The molecule has 0 bridgehead atoms. The summed E-state index contributed by atoms with van der Waals surface area (Å²) in [5.74, 6) is -0.239. The molecule has 0 radical (unpaired) electrons. The average molecular weight is 246 g/mol. The summed E-state index contributed by atoms with van der Waals surface area (Å²) < 4.78 is 0. The molecule has 2 N–H and O–H groups in total. The lowest BCUT2D eigenvalue weighted by molar-refractivity contribution is 0.0918. The number of nitrogens with one attached hydrogen (secondary N) is 2. The van der Waals surface area contributed by atoms with Gasteiger partial charge in [-0.25, -0.2) is 0 Å². The summed E-state index contributed by atoms with van der Waals surface area (Å²) >= 11 is 0. The topological polar surface area (TPSA) is 58.2 Å². The molecule has 1 aromatic carbocycles. The molecule has 1 fully saturated rings. The number of ketones is 1. The van der Waals surface area contributed by atoms with Crippen LogP contribution in [0.1, 0.15) is 40.5 Å². The van der Waals surface area contributed by atoms with Gasteiger partial charge in [-0.05, 0) is 32.4 Å². The van der Waals surface area contributed by atoms with E-state index in [1.165, 1.54) is 6.92 Å². The molecule has 4 nitrogen and oxygen atoms in total. The van der Waals surface area contributed by atoms with Crippen molar-refractivity contribution in [3.05, 3.63) is 35.4 Å². The fraction of sp³-hybridized carbons (Fsp3) is 0.429. The van der Waals surface area contributed by atoms with Crippen molar-refractivity contribution < 1.29 is 9.59 Å². The molecular formula is C14H18N2O2. The predicted octanol–water partition coefficient (Wildman–Crippen LogP) is 1.37. The second kappa shape index (κ2) is 5.78. The lowest BCUT2D eigenvalue weighted by Crippen LogP contribution is -2.45. The van der Waals surface area contributed by atoms with E-state index in [1.54, 1.807) is 24.3 Å². The SMILES string of the molecule is CC(=O)c1ccccc1C(=O)N[C@H]1CCCNC1. The molecule has 1 heterocycles. The monoisotopic (exact) mass is 246 g/mol. The van der Waals surface area contributed by atoms with Crippen LogP contribution in [0.25, 0.3) is 0 Å². The van der Waals surface area contributed by atoms with Crippen LogP contribution in [0.2, 0.25) is 0 Å². The van der Waals surface area contributed by atoms with Gasteiger partial charge in [0.05, 0.1) is 5.56 Å². The van der Waals surface area contributed by atoms with E-state index in [9.17, 15) is 9.59 Å². The fourth-order valence-electron chi connectivity index (χ4n) is 2.23. The molecule has 0 aliphatic carbocycles. The molecule has 1 atom stereocenters. The number of rotatable bonds is 3. The Morgan fingerprint density at radius 3 is 2.61 bits per heavy atom. The Kier molecular flexibility index (Phi) is 4.10. The summed E-state index contributed by atoms with van der Waals surface area (Å²) in [6.45, 7) is 3.29. The van der Waals surface area contributed by atoms with Crippen molar-refractivity contribution in [1.29, 1.82) is 0 Å². The first kappa shape index (κ1) is 12.8. The summed E-state index contributed by atoms with van der Waals surface area (Å²) in [6, 6.07) is 7.10. The molecule has 1 aliphatic rings. The van der Waals surface area contributed by atoms with E-state index in [2.05, 4.69) is 10.6 Å². The predicted molar refractivity (Wildman–Crippen MR) is 69.8 cm³/mol. The first-order valence-corrected chi connectivity index (χ1v) is 6.30. The Labute approximate surface area is 107 Å². The van der Waals surface area contributed by atoms with Crippen LogP contribution in [0.3, 0.4) is 0 Å². The van der Waals surface area contributed by atoms with E-state index in [0.29, 0.717) is 11.1 Å². The fourth-order valence-corrected chi connectivity index (χ4v) is 2.23. The molecule has 0 saturated carbocycles. The van der Waals surface area contributed by atoms with Crippen LogP contribution < -0.4 is 10.6 Å². The Morgan fingerprint density at radius 2 is 2.00 bits per heavy atom. The summed E-state index contributed by atoms with van der Waals surface area (Å²) in [6.07, 6.45) is 2.06. The third kappa shape index (κ3) is 2.96. The number of hydrogen-bond donors (Lipinski definition) is 2. The third-order valence-electron chi connectivity index (χ3n) is 3.18. The highest BCUT2D eigenvalue weighted by molar-refractivity contribution is 6.07. The molecule has 0 aromatic heterocycles. The highest BCUT2D eigenvalue weighted by Crippen LogP contribution is 2.11. The molecule has 1 aliphatic heterocycles. The summed E-state index contributed by atoms with van der Waals surface area (Å²) in [5.41, 5.74) is 0.953. The van der Waals surface area contributed by atoms with Gasteiger partial charge in [0.1, 0.15) is 0 Å². The summed E-state index contributed by atoms with van der Waals surface area (Å²) in [7, 11) is 0. The van der Waals surface area contributed by atoms with Crippen LogP contribution in [-0.4, -0.2) is 30.8 Å². The Hall–Kier alpha value is -1.68. The number of hydrogen-bond acceptors (Lipinski definition) is 3. The molecule has 2 rings (SSSR count). The van der Waals surface area contributed by atoms with Crippen molar-refractivity contribution >= 4 is 11.7 Å². The van der Waals surface area contributed by atoms with Crippen LogP contribution in [0.15, 0.2) is 24.3 Å². The maximum absolute atomic E-state index is 12.1. The van der Waals surface area contributed by atoms with Crippen molar-refractivity contribution in [1.82, 2.24) is 10.6 Å². The van der Waals surface area contributed by atoms with Crippen LogP contribution >= 0.6 is 0 Å². The van der Waals surface area contributed by atoms with Crippen molar-refractivity contribution in [2.24, 2.45) is 0 Å². The largest absolute Gasteiger partial charge is 0.348 e. The molecule has 1 amide bonds. The van der Waals surface area contributed by atoms with Gasteiger partial charge in [-0.2, -0.15) is 0 Å². The number of Topliss-reactive ketones (excluding diaryl/α,β-unsaturated/α-hetero) is 1. The second-order valence-electron chi connectivity index (χ2n) is 4.62. The molecule has 4 heteroatoms. The van der Waals surface area contributed by atoms with E-state index in [0.717, 1.165) is 25.9 Å². The van der Waals surface area contributed by atoms with Crippen molar-refractivity contribution in [3.63, 3.8) is 0 Å². The molecule has 0 unspecified atom stereocenters. The van der Waals surface area contributed by atoms with Crippen molar-refractivity contribution in [2.45, 2.75) is 25.8 Å². The van der Waals surface area contributed by atoms with E-state index in [1.807, 2.05) is 0 Å². The normalized spacial score (nSPS) is 19.3. The zero-order chi connectivity index (χ0) is 13.0. The maximum atomic E-state index is 12.1. The Balaban J connectivity index is 2.10.